The van der Waals surface area contributed by atoms with Crippen molar-refractivity contribution in [3.05, 3.63) is 47.0 Å². The summed E-state index contributed by atoms with van der Waals surface area (Å²) in [5, 5.41) is 0. The summed E-state index contributed by atoms with van der Waals surface area (Å²) in [6.07, 6.45) is 3.66. The summed E-state index contributed by atoms with van der Waals surface area (Å²) < 4.78 is 8.53. The molecule has 0 aliphatic rings. The predicted molar refractivity (Wildman–Crippen MR) is 61.7 cm³/mol. The molecule has 2 rings (SSSR count). The second-order valence-electron chi connectivity index (χ2n) is 3.17. The molecule has 1 heterocycles. The van der Waals surface area contributed by atoms with Gasteiger partial charge in [-0.25, -0.2) is 4.98 Å². The average molecular weight is 267 g/mol. The van der Waals surface area contributed by atoms with Crippen LogP contribution in [-0.4, -0.2) is 9.55 Å². The number of hydrogen-bond donors (Lipinski definition) is 0. The number of benzene rings is 1. The van der Waals surface area contributed by atoms with Gasteiger partial charge in [0.2, 0.25) is 0 Å². The van der Waals surface area contributed by atoms with Crippen LogP contribution in [0.15, 0.2) is 41.1 Å². The number of hydrogen-bond acceptors (Lipinski definition) is 2. The van der Waals surface area contributed by atoms with Gasteiger partial charge in [0, 0.05) is 19.4 Å². The van der Waals surface area contributed by atoms with E-state index in [1.54, 1.807) is 6.20 Å². The lowest BCUT2D eigenvalue weighted by Gasteiger charge is -2.07. The second-order valence-corrected chi connectivity index (χ2v) is 4.03. The molecule has 0 N–H and O–H groups in total. The Morgan fingerprint density at radius 1 is 1.40 bits per heavy atom. The van der Waals surface area contributed by atoms with E-state index in [-0.39, 0.29) is 0 Å². The number of nitrogens with zero attached hydrogens (tertiary/aromatic N) is 2. The van der Waals surface area contributed by atoms with Gasteiger partial charge in [0.1, 0.15) is 18.2 Å². The molecule has 0 spiro atoms. The molecular weight excluding hydrogens is 256 g/mol. The van der Waals surface area contributed by atoms with Gasteiger partial charge in [-0.1, -0.05) is 12.1 Å². The fraction of sp³-hybridized carbons (Fsp3) is 0.182. The second kappa shape index (κ2) is 4.49. The topological polar surface area (TPSA) is 27.1 Å². The van der Waals surface area contributed by atoms with Crippen LogP contribution in [0.3, 0.4) is 0 Å². The van der Waals surface area contributed by atoms with Gasteiger partial charge >= 0.3 is 0 Å². The minimum Gasteiger partial charge on any atom is -0.485 e. The summed E-state index contributed by atoms with van der Waals surface area (Å²) in [5.41, 5.74) is 0. The fourth-order valence-corrected chi connectivity index (χ4v) is 1.64. The Bertz CT molecular complexity index is 453. The predicted octanol–water partition coefficient (Wildman–Crippen LogP) is 2.76. The Balaban J connectivity index is 2.06. The highest BCUT2D eigenvalue weighted by Crippen LogP contribution is 2.24. The van der Waals surface area contributed by atoms with E-state index in [2.05, 4.69) is 20.9 Å². The molecule has 0 aliphatic heterocycles. The van der Waals surface area contributed by atoms with Crippen LogP contribution in [0.5, 0.6) is 5.75 Å². The van der Waals surface area contributed by atoms with Crippen molar-refractivity contribution in [1.82, 2.24) is 9.55 Å². The zero-order valence-corrected chi connectivity index (χ0v) is 9.94. The fourth-order valence-electron chi connectivity index (χ4n) is 1.24. The molecule has 78 valence electrons. The van der Waals surface area contributed by atoms with Crippen molar-refractivity contribution in [3.8, 4) is 5.75 Å². The molecule has 0 aliphatic carbocycles. The number of para-hydroxylation sites is 1. The number of imidazole rings is 1. The SMILES string of the molecule is Cn1ccnc1COc1ccccc1Br. The Morgan fingerprint density at radius 3 is 2.87 bits per heavy atom. The molecule has 4 heteroatoms. The van der Waals surface area contributed by atoms with Crippen LogP contribution in [0.4, 0.5) is 0 Å². The van der Waals surface area contributed by atoms with Crippen LogP contribution in [0, 0.1) is 0 Å². The lowest BCUT2D eigenvalue weighted by atomic mass is 10.3. The highest BCUT2D eigenvalue weighted by atomic mass is 79.9. The summed E-state index contributed by atoms with van der Waals surface area (Å²) in [7, 11) is 1.95. The average Bonchev–Trinajstić information content (AvgIpc) is 2.63. The third-order valence-corrected chi connectivity index (χ3v) is 2.77. The van der Waals surface area contributed by atoms with Crippen LogP contribution >= 0.6 is 15.9 Å². The van der Waals surface area contributed by atoms with Crippen LogP contribution in [0.25, 0.3) is 0 Å². The third-order valence-electron chi connectivity index (χ3n) is 2.11. The van der Waals surface area contributed by atoms with E-state index >= 15 is 0 Å². The summed E-state index contributed by atoms with van der Waals surface area (Å²) in [5.74, 6) is 1.74. The maximum Gasteiger partial charge on any atom is 0.146 e. The van der Waals surface area contributed by atoms with Gasteiger partial charge in [-0.2, -0.15) is 0 Å². The first-order chi connectivity index (χ1) is 7.27. The van der Waals surface area contributed by atoms with Crippen LogP contribution in [0.1, 0.15) is 5.82 Å². The number of rotatable bonds is 3. The maximum atomic E-state index is 5.63. The Labute approximate surface area is 96.8 Å². The highest BCUT2D eigenvalue weighted by molar-refractivity contribution is 9.10. The van der Waals surface area contributed by atoms with Gasteiger partial charge in [-0.3, -0.25) is 0 Å². The molecule has 0 amide bonds. The summed E-state index contributed by atoms with van der Waals surface area (Å²) in [4.78, 5) is 4.18. The molecule has 0 unspecified atom stereocenters. The quantitative estimate of drug-likeness (QED) is 0.855. The van der Waals surface area contributed by atoms with Crippen LogP contribution in [0.2, 0.25) is 0 Å². The van der Waals surface area contributed by atoms with E-state index in [0.717, 1.165) is 16.0 Å². The lowest BCUT2D eigenvalue weighted by molar-refractivity contribution is 0.290. The van der Waals surface area contributed by atoms with E-state index in [9.17, 15) is 0 Å². The molecule has 0 radical (unpaired) electrons. The van der Waals surface area contributed by atoms with Crippen LogP contribution < -0.4 is 4.74 Å². The number of aryl methyl sites for hydroxylation is 1. The summed E-state index contributed by atoms with van der Waals surface area (Å²) >= 11 is 3.43. The molecule has 0 atom stereocenters. The van der Waals surface area contributed by atoms with Crippen molar-refractivity contribution in [2.24, 2.45) is 7.05 Å². The van der Waals surface area contributed by atoms with Crippen molar-refractivity contribution in [1.29, 1.82) is 0 Å². The van der Waals surface area contributed by atoms with Gasteiger partial charge in [-0.05, 0) is 28.1 Å². The van der Waals surface area contributed by atoms with E-state index in [4.69, 9.17) is 4.74 Å². The van der Waals surface area contributed by atoms with Crippen molar-refractivity contribution < 1.29 is 4.74 Å². The van der Waals surface area contributed by atoms with Gasteiger partial charge in [0.05, 0.1) is 4.47 Å². The van der Waals surface area contributed by atoms with Crippen molar-refractivity contribution in [3.63, 3.8) is 0 Å². The molecule has 15 heavy (non-hydrogen) atoms. The first-order valence-corrected chi connectivity index (χ1v) is 5.40. The maximum absolute atomic E-state index is 5.63. The van der Waals surface area contributed by atoms with Gasteiger partial charge in [-0.15, -0.1) is 0 Å². The van der Waals surface area contributed by atoms with E-state index in [0.29, 0.717) is 6.61 Å². The zero-order chi connectivity index (χ0) is 10.7. The zero-order valence-electron chi connectivity index (χ0n) is 8.35. The standard InChI is InChI=1S/C11H11BrN2O/c1-14-7-6-13-11(14)8-15-10-5-3-2-4-9(10)12/h2-7H,8H2,1H3. The number of ether oxygens (including phenoxy) is 1. The van der Waals surface area contributed by atoms with E-state index < -0.39 is 0 Å². The van der Waals surface area contributed by atoms with Gasteiger partial charge in [0.15, 0.2) is 0 Å². The summed E-state index contributed by atoms with van der Waals surface area (Å²) in [6, 6.07) is 7.77. The Morgan fingerprint density at radius 2 is 2.20 bits per heavy atom. The lowest BCUT2D eigenvalue weighted by Crippen LogP contribution is -2.03. The number of aromatic nitrogens is 2. The highest BCUT2D eigenvalue weighted by Gasteiger charge is 2.02. The molecule has 3 nitrogen and oxygen atoms in total. The molecule has 1 aromatic carbocycles. The van der Waals surface area contributed by atoms with Crippen molar-refractivity contribution in [2.75, 3.05) is 0 Å². The molecule has 1 aromatic heterocycles. The third kappa shape index (κ3) is 2.39. The first kappa shape index (κ1) is 10.2. The molecular formula is C11H11BrN2O. The Kier molecular flexibility index (Phi) is 3.06. The molecule has 2 aromatic rings. The van der Waals surface area contributed by atoms with E-state index in [1.165, 1.54) is 0 Å². The largest absolute Gasteiger partial charge is 0.485 e. The summed E-state index contributed by atoms with van der Waals surface area (Å²) in [6.45, 7) is 0.478. The molecule has 0 fully saturated rings. The van der Waals surface area contributed by atoms with E-state index in [1.807, 2.05) is 42.1 Å². The minimum absolute atomic E-state index is 0.478. The van der Waals surface area contributed by atoms with Crippen molar-refractivity contribution in [2.45, 2.75) is 6.61 Å². The molecule has 0 saturated carbocycles. The monoisotopic (exact) mass is 266 g/mol. The first-order valence-electron chi connectivity index (χ1n) is 4.61. The normalized spacial score (nSPS) is 10.3. The molecule has 0 bridgehead atoms. The minimum atomic E-state index is 0.478. The Hall–Kier alpha value is -1.29. The number of halogens is 1. The van der Waals surface area contributed by atoms with Crippen molar-refractivity contribution >= 4 is 15.9 Å². The van der Waals surface area contributed by atoms with Gasteiger partial charge < -0.3 is 9.30 Å². The smallest absolute Gasteiger partial charge is 0.146 e. The molecule has 0 saturated heterocycles. The van der Waals surface area contributed by atoms with Crippen LogP contribution in [-0.2, 0) is 13.7 Å². The van der Waals surface area contributed by atoms with Gasteiger partial charge in [0.25, 0.3) is 0 Å².